The van der Waals surface area contributed by atoms with Gasteiger partial charge in [0.05, 0.1) is 24.2 Å². The summed E-state index contributed by atoms with van der Waals surface area (Å²) in [6, 6.07) is 15.8. The van der Waals surface area contributed by atoms with Crippen LogP contribution < -0.4 is 15.1 Å². The molecule has 0 spiro atoms. The van der Waals surface area contributed by atoms with Crippen molar-refractivity contribution in [2.45, 2.75) is 32.2 Å². The molecule has 9 nitrogen and oxygen atoms in total. The Labute approximate surface area is 219 Å². The summed E-state index contributed by atoms with van der Waals surface area (Å²) in [7, 11) is 0. The number of nitrogens with one attached hydrogen (secondary N) is 1. The average molecular weight is 521 g/mol. The van der Waals surface area contributed by atoms with Crippen LogP contribution in [0.2, 0.25) is 0 Å². The van der Waals surface area contributed by atoms with Gasteiger partial charge in [0.1, 0.15) is 0 Å². The lowest BCUT2D eigenvalue weighted by atomic mass is 10.0. The maximum absolute atomic E-state index is 14.1. The van der Waals surface area contributed by atoms with Crippen molar-refractivity contribution in [1.29, 1.82) is 0 Å². The van der Waals surface area contributed by atoms with Crippen LogP contribution in [-0.2, 0) is 4.74 Å². The minimum absolute atomic E-state index is 0.153. The first-order chi connectivity index (χ1) is 18.5. The molecule has 4 heterocycles. The number of imidazole rings is 1. The van der Waals surface area contributed by atoms with Gasteiger partial charge in [-0.05, 0) is 44.0 Å². The predicted molar refractivity (Wildman–Crippen MR) is 142 cm³/mol. The normalized spacial score (nSPS) is 16.9. The van der Waals surface area contributed by atoms with Crippen LogP contribution in [0.3, 0.4) is 0 Å². The van der Waals surface area contributed by atoms with Crippen LogP contribution in [0.4, 0.5) is 26.4 Å². The van der Waals surface area contributed by atoms with Gasteiger partial charge in [0.2, 0.25) is 17.8 Å². The fourth-order valence-electron chi connectivity index (χ4n) is 5.00. The quantitative estimate of drug-likeness (QED) is 0.401. The number of anilines is 3. The van der Waals surface area contributed by atoms with Gasteiger partial charge in [0, 0.05) is 37.9 Å². The van der Waals surface area contributed by atoms with Crippen LogP contribution in [0.1, 0.15) is 30.7 Å². The molecule has 198 valence electrons. The molecule has 11 heteroatoms. The Hall–Kier alpha value is -3.86. The van der Waals surface area contributed by atoms with Crippen LogP contribution in [0.5, 0.6) is 0 Å². The zero-order valence-corrected chi connectivity index (χ0v) is 21.2. The van der Waals surface area contributed by atoms with E-state index in [9.17, 15) is 8.78 Å². The SMILES string of the molecule is Cc1ccc(NC2CCN(c3nc(N4CCOCC4)nc(-n4c(C(F)F)nc5ccccc54)n3)CC2)cc1. The molecule has 2 aromatic carbocycles. The molecular formula is C27H30F2N8O. The largest absolute Gasteiger partial charge is 0.382 e. The Balaban J connectivity index is 1.32. The van der Waals surface area contributed by atoms with Crippen LogP contribution in [0.15, 0.2) is 48.5 Å². The van der Waals surface area contributed by atoms with E-state index < -0.39 is 6.43 Å². The molecule has 0 aliphatic carbocycles. The van der Waals surface area contributed by atoms with E-state index in [0.717, 1.165) is 31.6 Å². The molecule has 6 rings (SSSR count). The van der Waals surface area contributed by atoms with E-state index in [4.69, 9.17) is 14.7 Å². The molecule has 1 N–H and O–H groups in total. The van der Waals surface area contributed by atoms with Gasteiger partial charge in [-0.25, -0.2) is 13.8 Å². The van der Waals surface area contributed by atoms with Gasteiger partial charge in [-0.1, -0.05) is 29.8 Å². The summed E-state index contributed by atoms with van der Waals surface area (Å²) < 4.78 is 35.1. The third-order valence-electron chi connectivity index (χ3n) is 7.08. The number of nitrogens with zero attached hydrogens (tertiary/aromatic N) is 7. The maximum Gasteiger partial charge on any atom is 0.296 e. The number of aromatic nitrogens is 5. The summed E-state index contributed by atoms with van der Waals surface area (Å²) in [5.74, 6) is 0.729. The lowest BCUT2D eigenvalue weighted by molar-refractivity contribution is 0.122. The molecule has 2 aromatic heterocycles. The second-order valence-corrected chi connectivity index (χ2v) is 9.70. The number of piperidine rings is 1. The van der Waals surface area contributed by atoms with Crippen LogP contribution in [0, 0.1) is 6.92 Å². The number of rotatable bonds is 6. The van der Waals surface area contributed by atoms with Crippen LogP contribution >= 0.6 is 0 Å². The van der Waals surface area contributed by atoms with Crippen molar-refractivity contribution < 1.29 is 13.5 Å². The molecule has 0 radical (unpaired) electrons. The predicted octanol–water partition coefficient (Wildman–Crippen LogP) is 4.37. The molecule has 0 amide bonds. The Morgan fingerprint density at radius 2 is 1.45 bits per heavy atom. The molecule has 38 heavy (non-hydrogen) atoms. The molecule has 0 unspecified atom stereocenters. The molecule has 4 aromatic rings. The van der Waals surface area contributed by atoms with Gasteiger partial charge in [-0.2, -0.15) is 15.0 Å². The van der Waals surface area contributed by atoms with Crippen molar-refractivity contribution >= 4 is 28.6 Å². The lowest BCUT2D eigenvalue weighted by Gasteiger charge is -2.34. The number of hydrogen-bond donors (Lipinski definition) is 1. The van der Waals surface area contributed by atoms with Crippen molar-refractivity contribution in [3.05, 3.63) is 59.9 Å². The van der Waals surface area contributed by atoms with Crippen LogP contribution in [-0.4, -0.2) is 69.9 Å². The Morgan fingerprint density at radius 3 is 2.13 bits per heavy atom. The van der Waals surface area contributed by atoms with Gasteiger partial charge < -0.3 is 19.9 Å². The molecule has 2 aliphatic rings. The summed E-state index contributed by atoms with van der Waals surface area (Å²) >= 11 is 0. The number of ether oxygens (including phenoxy) is 1. The number of alkyl halides is 2. The average Bonchev–Trinajstić information content (AvgIpc) is 3.35. The second kappa shape index (κ2) is 10.5. The Bertz CT molecular complexity index is 1400. The fourth-order valence-corrected chi connectivity index (χ4v) is 5.00. The number of benzene rings is 2. The van der Waals surface area contributed by atoms with E-state index in [-0.39, 0.29) is 11.8 Å². The van der Waals surface area contributed by atoms with Crippen molar-refractivity contribution in [3.63, 3.8) is 0 Å². The molecular weight excluding hydrogens is 490 g/mol. The number of aryl methyl sites for hydroxylation is 1. The van der Waals surface area contributed by atoms with E-state index in [2.05, 4.69) is 51.4 Å². The minimum Gasteiger partial charge on any atom is -0.382 e. The summed E-state index contributed by atoms with van der Waals surface area (Å²) in [6.45, 7) is 5.91. The smallest absolute Gasteiger partial charge is 0.296 e. The van der Waals surface area contributed by atoms with Crippen molar-refractivity contribution in [2.75, 3.05) is 54.5 Å². The highest BCUT2D eigenvalue weighted by atomic mass is 19.3. The summed E-state index contributed by atoms with van der Waals surface area (Å²) in [4.78, 5) is 22.5. The Kier molecular flexibility index (Phi) is 6.75. The third kappa shape index (κ3) is 4.98. The maximum atomic E-state index is 14.1. The van der Waals surface area contributed by atoms with Gasteiger partial charge in [-0.15, -0.1) is 0 Å². The first kappa shape index (κ1) is 24.5. The van der Waals surface area contributed by atoms with Crippen molar-refractivity contribution in [1.82, 2.24) is 24.5 Å². The zero-order valence-electron chi connectivity index (χ0n) is 21.2. The second-order valence-electron chi connectivity index (χ2n) is 9.70. The van der Waals surface area contributed by atoms with Gasteiger partial charge in [0.25, 0.3) is 6.43 Å². The fraction of sp³-hybridized carbons (Fsp3) is 0.407. The topological polar surface area (TPSA) is 84.2 Å². The highest BCUT2D eigenvalue weighted by Gasteiger charge is 2.27. The van der Waals surface area contributed by atoms with Crippen LogP contribution in [0.25, 0.3) is 17.0 Å². The van der Waals surface area contributed by atoms with E-state index in [1.807, 2.05) is 4.90 Å². The molecule has 2 saturated heterocycles. The number of morpholine rings is 1. The van der Waals surface area contributed by atoms with Gasteiger partial charge in [0.15, 0.2) is 5.82 Å². The van der Waals surface area contributed by atoms with Gasteiger partial charge in [-0.3, -0.25) is 4.57 Å². The number of fused-ring (bicyclic) bond motifs is 1. The standard InChI is InChI=1S/C27H30F2N8O/c1-18-6-8-19(9-7-18)30-20-10-12-35(13-11-20)25-32-26(36-14-16-38-17-15-36)34-27(33-25)37-22-5-3-2-4-21(22)31-24(37)23(28)29/h2-9,20,23,30H,10-17H2,1H3. The van der Waals surface area contributed by atoms with E-state index >= 15 is 0 Å². The Morgan fingerprint density at radius 1 is 0.816 bits per heavy atom. The molecule has 2 fully saturated rings. The highest BCUT2D eigenvalue weighted by molar-refractivity contribution is 5.77. The monoisotopic (exact) mass is 520 g/mol. The van der Waals surface area contributed by atoms with Gasteiger partial charge >= 0.3 is 0 Å². The number of halogens is 2. The summed E-state index contributed by atoms with van der Waals surface area (Å²) in [6.07, 6.45) is -0.978. The van der Waals surface area contributed by atoms with E-state index in [0.29, 0.717) is 55.3 Å². The van der Waals surface area contributed by atoms with Crippen molar-refractivity contribution in [3.8, 4) is 5.95 Å². The lowest BCUT2D eigenvalue weighted by Crippen LogP contribution is -2.41. The van der Waals surface area contributed by atoms with E-state index in [1.165, 1.54) is 10.1 Å². The number of para-hydroxylation sites is 2. The highest BCUT2D eigenvalue weighted by Crippen LogP contribution is 2.29. The summed E-state index contributed by atoms with van der Waals surface area (Å²) in [5.41, 5.74) is 3.35. The molecule has 2 aliphatic heterocycles. The first-order valence-corrected chi connectivity index (χ1v) is 13.0. The molecule has 0 atom stereocenters. The van der Waals surface area contributed by atoms with Crippen molar-refractivity contribution in [2.24, 2.45) is 0 Å². The van der Waals surface area contributed by atoms with E-state index in [1.54, 1.807) is 24.3 Å². The number of hydrogen-bond acceptors (Lipinski definition) is 8. The molecule has 0 saturated carbocycles. The zero-order chi connectivity index (χ0) is 26.1. The summed E-state index contributed by atoms with van der Waals surface area (Å²) in [5, 5.41) is 3.62. The molecule has 0 bridgehead atoms. The first-order valence-electron chi connectivity index (χ1n) is 13.0. The minimum atomic E-state index is -2.78. The third-order valence-corrected chi connectivity index (χ3v) is 7.08.